The van der Waals surface area contributed by atoms with Gasteiger partial charge in [0.2, 0.25) is 0 Å². The van der Waals surface area contributed by atoms with E-state index >= 15 is 0 Å². The topological polar surface area (TPSA) is 26.3 Å². The van der Waals surface area contributed by atoms with Gasteiger partial charge in [0.1, 0.15) is 12.0 Å². The minimum atomic E-state index is -3.57. The van der Waals surface area contributed by atoms with Gasteiger partial charge < -0.3 is 9.53 Å². The minimum Gasteiger partial charge on any atom is -0.432 e. The lowest BCUT2D eigenvalue weighted by atomic mass is 9.69. The van der Waals surface area contributed by atoms with Gasteiger partial charge in [0, 0.05) is 18.1 Å². The molecule has 0 saturated heterocycles. The van der Waals surface area contributed by atoms with Gasteiger partial charge in [0.15, 0.2) is 17.5 Å². The van der Waals surface area contributed by atoms with Crippen molar-refractivity contribution in [3.8, 4) is 5.75 Å². The third-order valence-corrected chi connectivity index (χ3v) is 6.13. The van der Waals surface area contributed by atoms with E-state index in [1.165, 1.54) is 0 Å². The highest BCUT2D eigenvalue weighted by molar-refractivity contribution is 5.53. The predicted molar refractivity (Wildman–Crippen MR) is 88.9 cm³/mol. The Labute approximate surface area is 155 Å². The standard InChI is InChI=1S/C20H23F5O2/c21-17-9-16(10-18(22)19(17)23)27-20(24,25)15-7-5-14(6-8-15)13-3-1-12(11-26)2-4-13/h9-15H,1-8H2. The molecule has 0 unspecified atom stereocenters. The van der Waals surface area contributed by atoms with Crippen molar-refractivity contribution < 1.29 is 31.5 Å². The zero-order valence-corrected chi connectivity index (χ0v) is 14.9. The Balaban J connectivity index is 1.56. The highest BCUT2D eigenvalue weighted by Gasteiger charge is 2.45. The average molecular weight is 390 g/mol. The monoisotopic (exact) mass is 390 g/mol. The van der Waals surface area contributed by atoms with Crippen LogP contribution in [0.4, 0.5) is 22.0 Å². The molecule has 3 rings (SSSR count). The number of benzene rings is 1. The van der Waals surface area contributed by atoms with Crippen LogP contribution in [0.2, 0.25) is 0 Å². The van der Waals surface area contributed by atoms with Crippen LogP contribution in [0.5, 0.6) is 5.75 Å². The molecule has 2 aliphatic rings. The molecule has 0 aromatic heterocycles. The van der Waals surface area contributed by atoms with Crippen LogP contribution in [0, 0.1) is 41.1 Å². The van der Waals surface area contributed by atoms with Crippen LogP contribution in [0.25, 0.3) is 0 Å². The Morgan fingerprint density at radius 3 is 1.81 bits per heavy atom. The van der Waals surface area contributed by atoms with Crippen LogP contribution in [0.1, 0.15) is 51.4 Å². The normalized spacial score (nSPS) is 29.4. The summed E-state index contributed by atoms with van der Waals surface area (Å²) < 4.78 is 72.8. The zero-order chi connectivity index (χ0) is 19.6. The molecule has 150 valence electrons. The second-order valence-electron chi connectivity index (χ2n) is 7.79. The van der Waals surface area contributed by atoms with E-state index in [2.05, 4.69) is 4.74 Å². The summed E-state index contributed by atoms with van der Waals surface area (Å²) in [6.45, 7) is 0. The molecule has 0 aliphatic heterocycles. The van der Waals surface area contributed by atoms with E-state index in [0.717, 1.165) is 32.0 Å². The molecule has 7 heteroatoms. The van der Waals surface area contributed by atoms with Crippen molar-refractivity contribution in [1.82, 2.24) is 0 Å². The Bertz CT molecular complexity index is 639. The maximum atomic E-state index is 14.4. The van der Waals surface area contributed by atoms with Crippen molar-refractivity contribution in [1.29, 1.82) is 0 Å². The number of carbonyl (C=O) groups is 1. The molecule has 1 aromatic carbocycles. The molecule has 2 nitrogen and oxygen atoms in total. The van der Waals surface area contributed by atoms with E-state index in [1.807, 2.05) is 0 Å². The summed E-state index contributed by atoms with van der Waals surface area (Å²) in [6.07, 6.45) is 2.90. The van der Waals surface area contributed by atoms with Crippen LogP contribution < -0.4 is 4.74 Å². The number of alkyl halides is 2. The summed E-state index contributed by atoms with van der Waals surface area (Å²) in [5.74, 6) is -5.63. The molecule has 0 atom stereocenters. The SMILES string of the molecule is O=CC1CCC(C2CCC(C(F)(F)Oc3cc(F)c(F)c(F)c3)CC2)CC1. The van der Waals surface area contributed by atoms with Gasteiger partial charge in [-0.15, -0.1) is 0 Å². The van der Waals surface area contributed by atoms with Crippen molar-refractivity contribution in [3.63, 3.8) is 0 Å². The first kappa shape index (κ1) is 20.1. The molecule has 2 aliphatic carbocycles. The number of hydrogen-bond acceptors (Lipinski definition) is 2. The molecule has 0 amide bonds. The molecule has 2 fully saturated rings. The fraction of sp³-hybridized carbons (Fsp3) is 0.650. The van der Waals surface area contributed by atoms with Crippen molar-refractivity contribution in [2.75, 3.05) is 0 Å². The molecular formula is C20H23F5O2. The number of halogens is 5. The van der Waals surface area contributed by atoms with Crippen LogP contribution in [-0.2, 0) is 4.79 Å². The third kappa shape index (κ3) is 4.61. The van der Waals surface area contributed by atoms with Gasteiger partial charge in [-0.2, -0.15) is 8.78 Å². The first-order valence-electron chi connectivity index (χ1n) is 9.46. The molecule has 27 heavy (non-hydrogen) atoms. The summed E-state index contributed by atoms with van der Waals surface area (Å²) >= 11 is 0. The number of aldehydes is 1. The molecule has 0 spiro atoms. The smallest absolute Gasteiger partial charge is 0.400 e. The summed E-state index contributed by atoms with van der Waals surface area (Å²) in [6, 6.07) is 0.868. The molecule has 0 heterocycles. The van der Waals surface area contributed by atoms with E-state index in [1.54, 1.807) is 0 Å². The van der Waals surface area contributed by atoms with Gasteiger partial charge in [0.25, 0.3) is 0 Å². The molecule has 0 N–H and O–H groups in total. The summed E-state index contributed by atoms with van der Waals surface area (Å²) in [5.41, 5.74) is 0. The Hall–Kier alpha value is -1.66. The largest absolute Gasteiger partial charge is 0.432 e. The third-order valence-electron chi connectivity index (χ3n) is 6.13. The van der Waals surface area contributed by atoms with Gasteiger partial charge in [0.05, 0.1) is 5.92 Å². The maximum Gasteiger partial charge on any atom is 0.400 e. The highest BCUT2D eigenvalue weighted by atomic mass is 19.3. The maximum absolute atomic E-state index is 14.4. The van der Waals surface area contributed by atoms with Crippen LogP contribution >= 0.6 is 0 Å². The van der Waals surface area contributed by atoms with Crippen molar-refractivity contribution in [2.24, 2.45) is 23.7 Å². The van der Waals surface area contributed by atoms with Crippen LogP contribution in [0.15, 0.2) is 12.1 Å². The van der Waals surface area contributed by atoms with E-state index in [4.69, 9.17) is 0 Å². The average Bonchev–Trinajstić information content (AvgIpc) is 2.66. The van der Waals surface area contributed by atoms with Gasteiger partial charge in [-0.25, -0.2) is 13.2 Å². The number of rotatable bonds is 5. The molecule has 2 saturated carbocycles. The quantitative estimate of drug-likeness (QED) is 0.356. The van der Waals surface area contributed by atoms with Gasteiger partial charge >= 0.3 is 6.11 Å². The first-order valence-corrected chi connectivity index (χ1v) is 9.46. The van der Waals surface area contributed by atoms with Crippen LogP contribution in [0.3, 0.4) is 0 Å². The molecular weight excluding hydrogens is 367 g/mol. The second kappa shape index (κ2) is 8.15. The van der Waals surface area contributed by atoms with E-state index in [-0.39, 0.29) is 18.8 Å². The second-order valence-corrected chi connectivity index (χ2v) is 7.79. The lowest BCUT2D eigenvalue weighted by Gasteiger charge is -2.38. The van der Waals surface area contributed by atoms with Gasteiger partial charge in [-0.05, 0) is 63.2 Å². The number of ether oxygens (including phenoxy) is 1. The van der Waals surface area contributed by atoms with E-state index in [0.29, 0.717) is 36.8 Å². The lowest BCUT2D eigenvalue weighted by molar-refractivity contribution is -0.224. The Morgan fingerprint density at radius 1 is 0.852 bits per heavy atom. The Kier molecular flexibility index (Phi) is 6.06. The minimum absolute atomic E-state index is 0.131. The zero-order valence-electron chi connectivity index (χ0n) is 14.9. The number of hydrogen-bond donors (Lipinski definition) is 0. The van der Waals surface area contributed by atoms with Crippen molar-refractivity contribution >= 4 is 6.29 Å². The summed E-state index contributed by atoms with van der Waals surface area (Å²) in [5, 5.41) is 0. The molecule has 0 bridgehead atoms. The van der Waals surface area contributed by atoms with Crippen molar-refractivity contribution in [3.05, 3.63) is 29.6 Å². The molecule has 1 aromatic rings. The van der Waals surface area contributed by atoms with E-state index < -0.39 is 35.2 Å². The summed E-state index contributed by atoms with van der Waals surface area (Å²) in [7, 11) is 0. The summed E-state index contributed by atoms with van der Waals surface area (Å²) in [4.78, 5) is 10.8. The fourth-order valence-corrected chi connectivity index (χ4v) is 4.51. The van der Waals surface area contributed by atoms with Gasteiger partial charge in [-0.3, -0.25) is 0 Å². The lowest BCUT2D eigenvalue weighted by Crippen LogP contribution is -2.38. The first-order chi connectivity index (χ1) is 12.8. The fourth-order valence-electron chi connectivity index (χ4n) is 4.51. The molecule has 0 radical (unpaired) electrons. The predicted octanol–water partition coefficient (Wildman–Crippen LogP) is 5.89. The van der Waals surface area contributed by atoms with E-state index in [9.17, 15) is 26.7 Å². The van der Waals surface area contributed by atoms with Gasteiger partial charge in [-0.1, -0.05) is 0 Å². The van der Waals surface area contributed by atoms with Crippen LogP contribution in [-0.4, -0.2) is 12.4 Å². The number of carbonyl (C=O) groups excluding carboxylic acids is 1. The van der Waals surface area contributed by atoms with Crippen molar-refractivity contribution in [2.45, 2.75) is 57.5 Å². The highest BCUT2D eigenvalue weighted by Crippen LogP contribution is 2.45. The Morgan fingerprint density at radius 2 is 1.33 bits per heavy atom.